The Hall–Kier alpha value is -2.55. The van der Waals surface area contributed by atoms with Crippen LogP contribution in [0.25, 0.3) is 22.2 Å². The molecule has 1 saturated heterocycles. The van der Waals surface area contributed by atoms with Gasteiger partial charge in [-0.15, -0.1) is 0 Å². The highest BCUT2D eigenvalue weighted by molar-refractivity contribution is 6.41. The number of aromatic nitrogens is 3. The maximum Gasteiger partial charge on any atom is 0.220 e. The van der Waals surface area contributed by atoms with Crippen molar-refractivity contribution in [1.82, 2.24) is 15.0 Å². The Labute approximate surface area is 196 Å². The van der Waals surface area contributed by atoms with Gasteiger partial charge in [0.2, 0.25) is 5.95 Å². The normalized spacial score (nSPS) is 15.8. The summed E-state index contributed by atoms with van der Waals surface area (Å²) >= 11 is 13.3. The van der Waals surface area contributed by atoms with Crippen molar-refractivity contribution >= 4 is 45.9 Å². The van der Waals surface area contributed by atoms with Crippen molar-refractivity contribution in [1.29, 1.82) is 0 Å². The van der Waals surface area contributed by atoms with E-state index in [1.54, 1.807) is 19.4 Å². The molecular weight excluding hydrogens is 453 g/mol. The Morgan fingerprint density at radius 3 is 2.19 bits per heavy atom. The van der Waals surface area contributed by atoms with E-state index >= 15 is 0 Å². The van der Waals surface area contributed by atoms with Gasteiger partial charge in [-0.05, 0) is 25.8 Å². The third-order valence-corrected chi connectivity index (χ3v) is 6.76. The van der Waals surface area contributed by atoms with E-state index in [0.717, 1.165) is 31.3 Å². The van der Waals surface area contributed by atoms with Gasteiger partial charge in [0.05, 0.1) is 35.6 Å². The maximum atomic E-state index is 6.66. The number of nitrogens with two attached hydrogens (primary N) is 1. The lowest BCUT2D eigenvalue weighted by atomic mass is 9.93. The minimum atomic E-state index is -0.162. The number of fused-ring (bicyclic) bond motifs is 1. The molecule has 1 aromatic carbocycles. The lowest BCUT2D eigenvalue weighted by Gasteiger charge is -2.39. The monoisotopic (exact) mass is 477 g/mol. The van der Waals surface area contributed by atoms with Gasteiger partial charge in [0.25, 0.3) is 0 Å². The summed E-state index contributed by atoms with van der Waals surface area (Å²) in [5, 5.41) is 1.46. The summed E-state index contributed by atoms with van der Waals surface area (Å²) in [4.78, 5) is 15.8. The predicted molar refractivity (Wildman–Crippen MR) is 127 cm³/mol. The zero-order chi connectivity index (χ0) is 23.0. The molecule has 1 fully saturated rings. The highest BCUT2D eigenvalue weighted by Gasteiger charge is 2.31. The molecule has 3 aromatic rings. The minimum absolute atomic E-state index is 0.162. The van der Waals surface area contributed by atoms with Crippen LogP contribution in [0.3, 0.4) is 0 Å². The number of anilines is 2. The molecule has 0 unspecified atom stereocenters. The molecule has 0 atom stereocenters. The van der Waals surface area contributed by atoms with Crippen molar-refractivity contribution in [3.63, 3.8) is 0 Å². The van der Waals surface area contributed by atoms with Gasteiger partial charge in [-0.2, -0.15) is 0 Å². The molecule has 0 spiro atoms. The smallest absolute Gasteiger partial charge is 0.220 e. The van der Waals surface area contributed by atoms with Crippen molar-refractivity contribution in [2.24, 2.45) is 0 Å². The first-order valence-electron chi connectivity index (χ1n) is 10.1. The number of hydrogen-bond acceptors (Lipinski definition) is 8. The second kappa shape index (κ2) is 8.77. The summed E-state index contributed by atoms with van der Waals surface area (Å²) < 4.78 is 16.5. The molecular formula is C22H25Cl2N5O3. The SMILES string of the molecule is COc1cc(OC)c(Cl)c(-c2cc3cnc(N)nc3c(N3CCC(C)(OC)CC3)n2)c1Cl. The summed E-state index contributed by atoms with van der Waals surface area (Å²) in [6.07, 6.45) is 3.38. The number of nitrogen functional groups attached to an aromatic ring is 1. The maximum absolute atomic E-state index is 6.66. The van der Waals surface area contributed by atoms with E-state index in [0.29, 0.717) is 44.1 Å². The van der Waals surface area contributed by atoms with Crippen molar-refractivity contribution in [2.45, 2.75) is 25.4 Å². The standard InChI is InChI=1S/C22H25Cl2N5O3/c1-22(32-4)5-7-29(8-6-22)20-19-12(11-26-21(25)28-19)9-13(27-20)16-17(23)14(30-2)10-15(31-3)18(16)24/h9-11H,5-8H2,1-4H3,(H2,25,26,28). The van der Waals surface area contributed by atoms with Crippen LogP contribution in [0.1, 0.15) is 19.8 Å². The van der Waals surface area contributed by atoms with Gasteiger partial charge in [0.1, 0.15) is 17.0 Å². The lowest BCUT2D eigenvalue weighted by Crippen LogP contribution is -2.44. The highest BCUT2D eigenvalue weighted by atomic mass is 35.5. The van der Waals surface area contributed by atoms with Crippen LogP contribution in [0, 0.1) is 0 Å². The predicted octanol–water partition coefficient (Wildman–Crippen LogP) is 4.60. The topological polar surface area (TPSA) is 95.6 Å². The first kappa shape index (κ1) is 22.6. The van der Waals surface area contributed by atoms with Crippen LogP contribution in [0.4, 0.5) is 11.8 Å². The zero-order valence-electron chi connectivity index (χ0n) is 18.4. The van der Waals surface area contributed by atoms with E-state index in [-0.39, 0.29) is 11.5 Å². The number of nitrogens with zero attached hydrogens (tertiary/aromatic N) is 4. The second-order valence-electron chi connectivity index (χ2n) is 7.92. The number of hydrogen-bond donors (Lipinski definition) is 1. The van der Waals surface area contributed by atoms with Crippen LogP contribution in [-0.4, -0.2) is 55.0 Å². The van der Waals surface area contributed by atoms with Gasteiger partial charge in [-0.1, -0.05) is 23.2 Å². The Balaban J connectivity index is 1.91. The first-order chi connectivity index (χ1) is 15.3. The van der Waals surface area contributed by atoms with Gasteiger partial charge in [-0.3, -0.25) is 0 Å². The van der Waals surface area contributed by atoms with E-state index in [1.165, 1.54) is 14.2 Å². The summed E-state index contributed by atoms with van der Waals surface area (Å²) in [6.45, 7) is 3.62. The summed E-state index contributed by atoms with van der Waals surface area (Å²) in [5.41, 5.74) is 7.49. The second-order valence-corrected chi connectivity index (χ2v) is 8.68. The molecule has 1 aliphatic heterocycles. The molecule has 170 valence electrons. The molecule has 1 aliphatic rings. The van der Waals surface area contributed by atoms with E-state index in [9.17, 15) is 0 Å². The molecule has 2 aromatic heterocycles. The van der Waals surface area contributed by atoms with Gasteiger partial charge < -0.3 is 24.8 Å². The van der Waals surface area contributed by atoms with Gasteiger partial charge >= 0.3 is 0 Å². The van der Waals surface area contributed by atoms with E-state index < -0.39 is 0 Å². The Morgan fingerprint density at radius 2 is 1.62 bits per heavy atom. The molecule has 2 N–H and O–H groups in total. The Bertz CT molecular complexity index is 1140. The van der Waals surface area contributed by atoms with Crippen molar-refractivity contribution in [3.05, 3.63) is 28.4 Å². The third-order valence-electron chi connectivity index (χ3n) is 6.01. The molecule has 4 rings (SSSR count). The molecule has 32 heavy (non-hydrogen) atoms. The number of methoxy groups -OCH3 is 3. The number of halogens is 2. The van der Waals surface area contributed by atoms with Crippen LogP contribution in [0.5, 0.6) is 11.5 Å². The molecule has 0 aliphatic carbocycles. The van der Waals surface area contributed by atoms with Crippen molar-refractivity contribution < 1.29 is 14.2 Å². The minimum Gasteiger partial charge on any atom is -0.495 e. The molecule has 0 saturated carbocycles. The fraction of sp³-hybridized carbons (Fsp3) is 0.409. The fourth-order valence-corrected chi connectivity index (χ4v) is 4.59. The Morgan fingerprint density at radius 1 is 1.00 bits per heavy atom. The summed E-state index contributed by atoms with van der Waals surface area (Å²) in [7, 11) is 4.82. The number of rotatable bonds is 5. The van der Waals surface area contributed by atoms with E-state index in [2.05, 4.69) is 21.8 Å². The quantitative estimate of drug-likeness (QED) is 0.569. The molecule has 3 heterocycles. The highest BCUT2D eigenvalue weighted by Crippen LogP contribution is 2.46. The summed E-state index contributed by atoms with van der Waals surface area (Å²) in [6, 6.07) is 3.49. The molecule has 8 nitrogen and oxygen atoms in total. The lowest BCUT2D eigenvalue weighted by molar-refractivity contribution is -0.0133. The number of piperidine rings is 1. The molecule has 0 bridgehead atoms. The van der Waals surface area contributed by atoms with Crippen LogP contribution >= 0.6 is 23.2 Å². The van der Waals surface area contributed by atoms with Crippen LogP contribution in [0.2, 0.25) is 10.0 Å². The van der Waals surface area contributed by atoms with Crippen molar-refractivity contribution in [3.8, 4) is 22.8 Å². The van der Waals surface area contributed by atoms with Gasteiger partial charge in [0, 0.05) is 43.4 Å². The van der Waals surface area contributed by atoms with E-state index in [1.807, 2.05) is 6.07 Å². The summed E-state index contributed by atoms with van der Waals surface area (Å²) in [5.74, 6) is 1.76. The van der Waals surface area contributed by atoms with Gasteiger partial charge in [-0.25, -0.2) is 15.0 Å². The average Bonchev–Trinajstić information content (AvgIpc) is 2.79. The van der Waals surface area contributed by atoms with Gasteiger partial charge in [0.15, 0.2) is 5.82 Å². The van der Waals surface area contributed by atoms with Crippen LogP contribution < -0.4 is 20.1 Å². The first-order valence-corrected chi connectivity index (χ1v) is 10.9. The van der Waals surface area contributed by atoms with Crippen LogP contribution in [-0.2, 0) is 4.74 Å². The molecule has 0 radical (unpaired) electrons. The molecule has 10 heteroatoms. The fourth-order valence-electron chi connectivity index (χ4n) is 3.89. The Kier molecular flexibility index (Phi) is 6.20. The largest absolute Gasteiger partial charge is 0.495 e. The van der Waals surface area contributed by atoms with Crippen LogP contribution in [0.15, 0.2) is 18.3 Å². The zero-order valence-corrected chi connectivity index (χ0v) is 19.9. The third kappa shape index (κ3) is 3.98. The number of pyridine rings is 1. The number of benzene rings is 1. The van der Waals surface area contributed by atoms with E-state index in [4.69, 9.17) is 48.1 Å². The van der Waals surface area contributed by atoms with Crippen molar-refractivity contribution in [2.75, 3.05) is 45.1 Å². The average molecular weight is 478 g/mol. The number of ether oxygens (including phenoxy) is 3. The molecule has 0 amide bonds.